The number of benzene rings is 2. The Bertz CT molecular complexity index is 1010. The van der Waals surface area contributed by atoms with Crippen molar-refractivity contribution >= 4 is 23.4 Å². The minimum absolute atomic E-state index is 0.209. The topological polar surface area (TPSA) is 89.1 Å². The molecule has 28 heavy (non-hydrogen) atoms. The summed E-state index contributed by atoms with van der Waals surface area (Å²) in [5.41, 5.74) is 0.943. The first kappa shape index (κ1) is 18.3. The first-order valence-electron chi connectivity index (χ1n) is 8.64. The SMILES string of the molecule is C[C@H](Sc1n[nH]c(-c2ccccc2F)n1)C(=O)Nc1ccc2c(c1)OCCO2. The van der Waals surface area contributed by atoms with Crippen molar-refractivity contribution in [1.29, 1.82) is 0 Å². The fourth-order valence-electron chi connectivity index (χ4n) is 2.65. The van der Waals surface area contributed by atoms with E-state index in [0.717, 1.165) is 0 Å². The number of anilines is 1. The van der Waals surface area contributed by atoms with Gasteiger partial charge in [-0.05, 0) is 31.2 Å². The Kier molecular flexibility index (Phi) is 5.16. The Balaban J connectivity index is 1.40. The summed E-state index contributed by atoms with van der Waals surface area (Å²) in [6, 6.07) is 11.5. The smallest absolute Gasteiger partial charge is 0.237 e. The molecular weight excluding hydrogens is 383 g/mol. The molecule has 9 heteroatoms. The largest absolute Gasteiger partial charge is 0.486 e. The van der Waals surface area contributed by atoms with Gasteiger partial charge in [-0.25, -0.2) is 9.37 Å². The zero-order chi connectivity index (χ0) is 19.5. The van der Waals surface area contributed by atoms with Crippen molar-refractivity contribution < 1.29 is 18.7 Å². The highest BCUT2D eigenvalue weighted by Gasteiger charge is 2.19. The first-order valence-corrected chi connectivity index (χ1v) is 9.52. The Morgan fingerprint density at radius 2 is 2.00 bits per heavy atom. The summed E-state index contributed by atoms with van der Waals surface area (Å²) in [6.45, 7) is 2.74. The Hall–Kier alpha value is -3.07. The third-order valence-corrected chi connectivity index (χ3v) is 5.02. The molecular formula is C19H17FN4O3S. The highest BCUT2D eigenvalue weighted by molar-refractivity contribution is 8.00. The van der Waals surface area contributed by atoms with Gasteiger partial charge in [0.15, 0.2) is 17.3 Å². The summed E-state index contributed by atoms with van der Waals surface area (Å²) in [5, 5.41) is 9.51. The Morgan fingerprint density at radius 1 is 1.21 bits per heavy atom. The average molecular weight is 400 g/mol. The number of aromatic amines is 1. The number of rotatable bonds is 5. The number of nitrogens with zero attached hydrogens (tertiary/aromatic N) is 2. The second-order valence-electron chi connectivity index (χ2n) is 6.05. The highest BCUT2D eigenvalue weighted by atomic mass is 32.2. The number of halogens is 1. The van der Waals surface area contributed by atoms with Crippen LogP contribution in [-0.4, -0.2) is 39.6 Å². The second kappa shape index (κ2) is 7.89. The number of fused-ring (bicyclic) bond motifs is 1. The van der Waals surface area contributed by atoms with Crippen molar-refractivity contribution in [2.24, 2.45) is 0 Å². The number of ether oxygens (including phenoxy) is 2. The molecule has 144 valence electrons. The minimum Gasteiger partial charge on any atom is -0.486 e. The van der Waals surface area contributed by atoms with Gasteiger partial charge >= 0.3 is 0 Å². The van der Waals surface area contributed by atoms with Crippen LogP contribution >= 0.6 is 11.8 Å². The monoisotopic (exact) mass is 400 g/mol. The van der Waals surface area contributed by atoms with Crippen molar-refractivity contribution in [2.75, 3.05) is 18.5 Å². The lowest BCUT2D eigenvalue weighted by Gasteiger charge is -2.19. The number of aromatic nitrogens is 3. The van der Waals surface area contributed by atoms with Gasteiger partial charge < -0.3 is 14.8 Å². The lowest BCUT2D eigenvalue weighted by molar-refractivity contribution is -0.115. The van der Waals surface area contributed by atoms with E-state index in [2.05, 4.69) is 20.5 Å². The highest BCUT2D eigenvalue weighted by Crippen LogP contribution is 2.33. The summed E-state index contributed by atoms with van der Waals surface area (Å²) < 4.78 is 24.8. The molecule has 0 radical (unpaired) electrons. The summed E-state index contributed by atoms with van der Waals surface area (Å²) >= 11 is 1.18. The fraction of sp³-hybridized carbons (Fsp3) is 0.211. The molecule has 1 aromatic heterocycles. The molecule has 0 unspecified atom stereocenters. The molecule has 0 saturated heterocycles. The van der Waals surface area contributed by atoms with Gasteiger partial charge in [0.05, 0.1) is 10.8 Å². The van der Waals surface area contributed by atoms with Crippen LogP contribution in [0.2, 0.25) is 0 Å². The maximum Gasteiger partial charge on any atom is 0.237 e. The summed E-state index contributed by atoms with van der Waals surface area (Å²) in [6.07, 6.45) is 0. The predicted octanol–water partition coefficient (Wildman–Crippen LogP) is 3.50. The normalized spacial score (nSPS) is 13.8. The lowest BCUT2D eigenvalue weighted by atomic mass is 10.2. The Labute approximate surface area is 164 Å². The second-order valence-corrected chi connectivity index (χ2v) is 7.36. The average Bonchev–Trinajstić information content (AvgIpc) is 3.16. The fourth-order valence-corrected chi connectivity index (χ4v) is 3.37. The van der Waals surface area contributed by atoms with Gasteiger partial charge in [0.1, 0.15) is 19.0 Å². The van der Waals surface area contributed by atoms with E-state index in [1.807, 2.05) is 0 Å². The molecule has 1 aliphatic rings. The quantitative estimate of drug-likeness (QED) is 0.637. The Morgan fingerprint density at radius 3 is 2.82 bits per heavy atom. The number of nitrogens with one attached hydrogen (secondary N) is 2. The lowest BCUT2D eigenvalue weighted by Crippen LogP contribution is -2.23. The van der Waals surface area contributed by atoms with Crippen LogP contribution in [0, 0.1) is 5.82 Å². The van der Waals surface area contributed by atoms with Crippen LogP contribution in [0.25, 0.3) is 11.4 Å². The van der Waals surface area contributed by atoms with Gasteiger partial charge in [-0.2, -0.15) is 0 Å². The third kappa shape index (κ3) is 3.94. The number of amides is 1. The van der Waals surface area contributed by atoms with Gasteiger partial charge in [-0.1, -0.05) is 23.9 Å². The molecule has 2 aromatic carbocycles. The molecule has 0 aliphatic carbocycles. The van der Waals surface area contributed by atoms with E-state index in [9.17, 15) is 9.18 Å². The summed E-state index contributed by atoms with van der Waals surface area (Å²) in [5.74, 6) is 0.986. The van der Waals surface area contributed by atoms with Crippen LogP contribution in [0.3, 0.4) is 0 Å². The maximum atomic E-state index is 13.9. The van der Waals surface area contributed by atoms with Crippen molar-refractivity contribution in [2.45, 2.75) is 17.3 Å². The molecule has 4 rings (SSSR count). The molecule has 0 fully saturated rings. The molecule has 1 atom stereocenters. The molecule has 0 saturated carbocycles. The molecule has 0 bridgehead atoms. The van der Waals surface area contributed by atoms with Crippen LogP contribution in [0.15, 0.2) is 47.6 Å². The van der Waals surface area contributed by atoms with E-state index in [-0.39, 0.29) is 11.7 Å². The number of hydrogen-bond acceptors (Lipinski definition) is 6. The summed E-state index contributed by atoms with van der Waals surface area (Å²) in [4.78, 5) is 16.8. The number of carbonyl (C=O) groups excluding carboxylic acids is 1. The maximum absolute atomic E-state index is 13.9. The van der Waals surface area contributed by atoms with E-state index in [0.29, 0.717) is 46.9 Å². The van der Waals surface area contributed by atoms with E-state index in [1.54, 1.807) is 43.3 Å². The molecule has 2 heterocycles. The van der Waals surface area contributed by atoms with Gasteiger partial charge in [-0.15, -0.1) is 5.10 Å². The zero-order valence-corrected chi connectivity index (χ0v) is 15.8. The minimum atomic E-state index is -0.461. The van der Waals surface area contributed by atoms with Gasteiger partial charge in [0.2, 0.25) is 11.1 Å². The van der Waals surface area contributed by atoms with Crippen molar-refractivity contribution in [3.05, 3.63) is 48.3 Å². The van der Waals surface area contributed by atoms with Crippen LogP contribution in [0.1, 0.15) is 6.92 Å². The van der Waals surface area contributed by atoms with E-state index in [1.165, 1.54) is 17.8 Å². The van der Waals surface area contributed by atoms with E-state index >= 15 is 0 Å². The predicted molar refractivity (Wildman–Crippen MR) is 103 cm³/mol. The molecule has 2 N–H and O–H groups in total. The number of thioether (sulfide) groups is 1. The van der Waals surface area contributed by atoms with Crippen LogP contribution < -0.4 is 14.8 Å². The number of H-pyrrole nitrogens is 1. The molecule has 1 aliphatic heterocycles. The first-order chi connectivity index (χ1) is 13.6. The molecule has 7 nitrogen and oxygen atoms in total. The zero-order valence-electron chi connectivity index (χ0n) is 14.9. The van der Waals surface area contributed by atoms with Crippen molar-refractivity contribution in [3.8, 4) is 22.9 Å². The van der Waals surface area contributed by atoms with Crippen molar-refractivity contribution in [3.63, 3.8) is 0 Å². The molecule has 0 spiro atoms. The molecule has 3 aromatic rings. The standard InChI is InChI=1S/C19H17FN4O3S/c1-11(18(25)21-12-6-7-15-16(10-12)27-9-8-26-15)28-19-22-17(23-24-19)13-4-2-3-5-14(13)20/h2-7,10-11H,8-9H2,1H3,(H,21,25)(H,22,23,24)/t11-/m0/s1. The van der Waals surface area contributed by atoms with Crippen LogP contribution in [0.4, 0.5) is 10.1 Å². The molecule has 1 amide bonds. The van der Waals surface area contributed by atoms with E-state index < -0.39 is 5.25 Å². The van der Waals surface area contributed by atoms with Gasteiger partial charge in [0.25, 0.3) is 0 Å². The van der Waals surface area contributed by atoms with Crippen LogP contribution in [0.5, 0.6) is 11.5 Å². The third-order valence-electron chi connectivity index (χ3n) is 4.05. The van der Waals surface area contributed by atoms with Crippen molar-refractivity contribution in [1.82, 2.24) is 15.2 Å². The van der Waals surface area contributed by atoms with Crippen LogP contribution in [-0.2, 0) is 4.79 Å². The van der Waals surface area contributed by atoms with Gasteiger partial charge in [-0.3, -0.25) is 9.89 Å². The number of hydrogen-bond donors (Lipinski definition) is 2. The number of carbonyl (C=O) groups is 1. The van der Waals surface area contributed by atoms with Gasteiger partial charge in [0, 0.05) is 11.8 Å². The summed E-state index contributed by atoms with van der Waals surface area (Å²) in [7, 11) is 0. The van der Waals surface area contributed by atoms with E-state index in [4.69, 9.17) is 9.47 Å².